The molecule has 24 heavy (non-hydrogen) atoms. The molecule has 0 radical (unpaired) electrons. The van der Waals surface area contributed by atoms with Crippen LogP contribution in [0.2, 0.25) is 0 Å². The van der Waals surface area contributed by atoms with Crippen molar-refractivity contribution in [3.8, 4) is 11.9 Å². The van der Waals surface area contributed by atoms with Crippen molar-refractivity contribution in [3.05, 3.63) is 36.0 Å². The van der Waals surface area contributed by atoms with Crippen LogP contribution in [0.1, 0.15) is 26.3 Å². The maximum atomic E-state index is 12.5. The van der Waals surface area contributed by atoms with Crippen molar-refractivity contribution in [1.82, 2.24) is 9.97 Å². The predicted molar refractivity (Wildman–Crippen MR) is 91.0 cm³/mol. The van der Waals surface area contributed by atoms with Gasteiger partial charge >= 0.3 is 6.01 Å². The van der Waals surface area contributed by atoms with Crippen molar-refractivity contribution in [3.63, 3.8) is 0 Å². The number of anilines is 1. The van der Waals surface area contributed by atoms with Gasteiger partial charge in [-0.1, -0.05) is 19.1 Å². The van der Waals surface area contributed by atoms with E-state index in [0.717, 1.165) is 12.0 Å². The van der Waals surface area contributed by atoms with Crippen LogP contribution in [0.4, 0.5) is 5.69 Å². The summed E-state index contributed by atoms with van der Waals surface area (Å²) in [5, 5.41) is 0. The topological polar surface area (TPSA) is 90.4 Å². The Morgan fingerprint density at radius 3 is 2.29 bits per heavy atom. The Morgan fingerprint density at radius 2 is 1.71 bits per heavy atom. The van der Waals surface area contributed by atoms with Crippen molar-refractivity contribution in [2.24, 2.45) is 0 Å². The second-order valence-electron chi connectivity index (χ2n) is 4.84. The van der Waals surface area contributed by atoms with Crippen LogP contribution < -0.4 is 14.2 Å². The number of hydrogen-bond donors (Lipinski definition) is 1. The van der Waals surface area contributed by atoms with Crippen molar-refractivity contribution in [2.45, 2.75) is 32.1 Å². The van der Waals surface area contributed by atoms with E-state index in [1.165, 1.54) is 6.20 Å². The number of nitrogens with zero attached hydrogens (tertiary/aromatic N) is 2. The summed E-state index contributed by atoms with van der Waals surface area (Å²) in [6, 6.07) is 6.84. The summed E-state index contributed by atoms with van der Waals surface area (Å²) in [4.78, 5) is 8.21. The highest BCUT2D eigenvalue weighted by atomic mass is 32.2. The monoisotopic (exact) mass is 351 g/mol. The number of aryl methyl sites for hydroxylation is 1. The molecule has 130 valence electrons. The van der Waals surface area contributed by atoms with Crippen LogP contribution in [0.15, 0.2) is 35.4 Å². The molecule has 1 heterocycles. The molecular weight excluding hydrogens is 330 g/mol. The molecule has 0 aliphatic rings. The third-order valence-corrected chi connectivity index (χ3v) is 4.55. The lowest BCUT2D eigenvalue weighted by Gasteiger charge is -2.12. The smallest absolute Gasteiger partial charge is 0.319 e. The molecule has 0 saturated heterocycles. The van der Waals surface area contributed by atoms with Crippen LogP contribution in [-0.4, -0.2) is 31.6 Å². The minimum atomic E-state index is -3.76. The lowest BCUT2D eigenvalue weighted by Crippen LogP contribution is -2.15. The molecule has 0 atom stereocenters. The third kappa shape index (κ3) is 4.35. The summed E-state index contributed by atoms with van der Waals surface area (Å²) in [6.07, 6.45) is 2.18. The van der Waals surface area contributed by atoms with Gasteiger partial charge in [-0.25, -0.2) is 13.4 Å². The van der Waals surface area contributed by atoms with Crippen LogP contribution in [0, 0.1) is 0 Å². The van der Waals surface area contributed by atoms with Gasteiger partial charge < -0.3 is 9.47 Å². The Hall–Kier alpha value is -2.35. The molecule has 1 N–H and O–H groups in total. The molecule has 1 aromatic heterocycles. The van der Waals surface area contributed by atoms with Gasteiger partial charge in [0.05, 0.1) is 24.3 Å². The highest BCUT2D eigenvalue weighted by Gasteiger charge is 2.18. The standard InChI is InChI=1S/C16H21N3O4S/c1-4-12-7-9-13(10-8-12)24(20,21)19-14-11-17-16(23-6-3)18-15(14)22-5-2/h7-11,19H,4-6H2,1-3H3. The van der Waals surface area contributed by atoms with Crippen LogP contribution in [-0.2, 0) is 16.4 Å². The van der Waals surface area contributed by atoms with Crippen LogP contribution >= 0.6 is 0 Å². The van der Waals surface area contributed by atoms with E-state index in [4.69, 9.17) is 9.47 Å². The fraction of sp³-hybridized carbons (Fsp3) is 0.375. The first kappa shape index (κ1) is 18.0. The number of ether oxygens (including phenoxy) is 2. The summed E-state index contributed by atoms with van der Waals surface area (Å²) in [6.45, 7) is 6.33. The molecule has 1 aromatic carbocycles. The molecule has 2 aromatic rings. The van der Waals surface area contributed by atoms with Gasteiger partial charge in [-0.3, -0.25) is 4.72 Å². The van der Waals surface area contributed by atoms with Crippen LogP contribution in [0.25, 0.3) is 0 Å². The minimum Gasteiger partial charge on any atom is -0.476 e. The first-order valence-electron chi connectivity index (χ1n) is 7.74. The van der Waals surface area contributed by atoms with Crippen LogP contribution in [0.3, 0.4) is 0 Å². The van der Waals surface area contributed by atoms with E-state index >= 15 is 0 Å². The highest BCUT2D eigenvalue weighted by Crippen LogP contribution is 2.26. The number of rotatable bonds is 8. The molecule has 7 nitrogen and oxygen atoms in total. The van der Waals surface area contributed by atoms with E-state index in [1.807, 2.05) is 6.92 Å². The van der Waals surface area contributed by atoms with Gasteiger partial charge in [0.25, 0.3) is 10.0 Å². The quantitative estimate of drug-likeness (QED) is 0.786. The van der Waals surface area contributed by atoms with E-state index in [1.54, 1.807) is 38.1 Å². The highest BCUT2D eigenvalue weighted by molar-refractivity contribution is 7.92. The summed E-state index contributed by atoms with van der Waals surface area (Å²) in [7, 11) is -3.76. The van der Waals surface area contributed by atoms with E-state index in [9.17, 15) is 8.42 Å². The zero-order chi connectivity index (χ0) is 17.6. The van der Waals surface area contributed by atoms with E-state index < -0.39 is 10.0 Å². The molecule has 0 bridgehead atoms. The van der Waals surface area contributed by atoms with Gasteiger partial charge in [-0.2, -0.15) is 4.98 Å². The zero-order valence-corrected chi connectivity index (χ0v) is 14.8. The average molecular weight is 351 g/mol. The number of nitrogens with one attached hydrogen (secondary N) is 1. The second-order valence-corrected chi connectivity index (χ2v) is 6.52. The fourth-order valence-corrected chi connectivity index (χ4v) is 3.02. The molecule has 0 unspecified atom stereocenters. The second kappa shape index (κ2) is 7.96. The van der Waals surface area contributed by atoms with Crippen molar-refractivity contribution in [2.75, 3.05) is 17.9 Å². The molecule has 0 spiro atoms. The summed E-state index contributed by atoms with van der Waals surface area (Å²) in [5.74, 6) is 0.129. The van der Waals surface area contributed by atoms with Gasteiger partial charge in [0.15, 0.2) is 0 Å². The molecule has 0 amide bonds. The Bertz CT molecular complexity index is 776. The number of benzene rings is 1. The molecule has 0 aliphatic heterocycles. The number of hydrogen-bond acceptors (Lipinski definition) is 6. The first-order valence-corrected chi connectivity index (χ1v) is 9.22. The van der Waals surface area contributed by atoms with Crippen molar-refractivity contribution < 1.29 is 17.9 Å². The van der Waals surface area contributed by atoms with Gasteiger partial charge in [-0.15, -0.1) is 0 Å². The first-order chi connectivity index (χ1) is 11.5. The molecule has 8 heteroatoms. The maximum Gasteiger partial charge on any atom is 0.319 e. The van der Waals surface area contributed by atoms with Gasteiger partial charge in [0.2, 0.25) is 5.88 Å². The van der Waals surface area contributed by atoms with Gasteiger partial charge in [-0.05, 0) is 38.0 Å². The Balaban J connectivity index is 2.30. The largest absolute Gasteiger partial charge is 0.476 e. The fourth-order valence-electron chi connectivity index (χ4n) is 1.97. The number of sulfonamides is 1. The van der Waals surface area contributed by atoms with Crippen molar-refractivity contribution in [1.29, 1.82) is 0 Å². The van der Waals surface area contributed by atoms with E-state index in [0.29, 0.717) is 13.2 Å². The maximum absolute atomic E-state index is 12.5. The van der Waals surface area contributed by atoms with Gasteiger partial charge in [0.1, 0.15) is 5.69 Å². The van der Waals surface area contributed by atoms with Crippen molar-refractivity contribution >= 4 is 15.7 Å². The number of aromatic nitrogens is 2. The molecule has 0 fully saturated rings. The third-order valence-electron chi connectivity index (χ3n) is 3.17. The zero-order valence-electron chi connectivity index (χ0n) is 13.9. The molecule has 0 saturated carbocycles. The molecular formula is C16H21N3O4S. The Labute approximate surface area is 142 Å². The van der Waals surface area contributed by atoms with E-state index in [-0.39, 0.29) is 22.5 Å². The average Bonchev–Trinajstić information content (AvgIpc) is 2.57. The molecule has 0 aliphatic carbocycles. The lowest BCUT2D eigenvalue weighted by molar-refractivity contribution is 0.290. The summed E-state index contributed by atoms with van der Waals surface area (Å²) < 4.78 is 38.1. The van der Waals surface area contributed by atoms with Crippen LogP contribution in [0.5, 0.6) is 11.9 Å². The normalized spacial score (nSPS) is 11.1. The Morgan fingerprint density at radius 1 is 1.04 bits per heavy atom. The summed E-state index contributed by atoms with van der Waals surface area (Å²) >= 11 is 0. The SMILES string of the molecule is CCOc1ncc(NS(=O)(=O)c2ccc(CC)cc2)c(OCC)n1. The van der Waals surface area contributed by atoms with E-state index in [2.05, 4.69) is 14.7 Å². The van der Waals surface area contributed by atoms with Gasteiger partial charge in [0, 0.05) is 0 Å². The molecule has 2 rings (SSSR count). The predicted octanol–water partition coefficient (Wildman–Crippen LogP) is 2.64. The Kier molecular flexibility index (Phi) is 5.97. The lowest BCUT2D eigenvalue weighted by atomic mass is 10.2. The summed E-state index contributed by atoms with van der Waals surface area (Å²) in [5.41, 5.74) is 1.23. The minimum absolute atomic E-state index is 0.129.